The van der Waals surface area contributed by atoms with Gasteiger partial charge in [-0.05, 0) is 12.8 Å². The fourth-order valence-electron chi connectivity index (χ4n) is 1.04. The lowest BCUT2D eigenvalue weighted by molar-refractivity contribution is 0.222. The van der Waals surface area contributed by atoms with E-state index in [1.165, 1.54) is 32.1 Å². The zero-order valence-electron chi connectivity index (χ0n) is 9.09. The molecule has 0 aromatic carbocycles. The average molecular weight is 183 g/mol. The Hall–Kier alpha value is -0.300. The van der Waals surface area contributed by atoms with Crippen LogP contribution in [0, 0.1) is 6.61 Å². The van der Waals surface area contributed by atoms with Gasteiger partial charge in [-0.2, -0.15) is 0 Å². The van der Waals surface area contributed by atoms with Gasteiger partial charge in [0.25, 0.3) is 0 Å². The molecule has 0 aliphatic heterocycles. The zero-order valence-corrected chi connectivity index (χ0v) is 9.09. The monoisotopic (exact) mass is 183 g/mol. The van der Waals surface area contributed by atoms with Gasteiger partial charge in [0.15, 0.2) is 0 Å². The Labute approximate surface area is 83.2 Å². The molecule has 13 heavy (non-hydrogen) atoms. The molecular weight excluding hydrogens is 160 g/mol. The number of allylic oxidation sites excluding steroid dienone is 1. The van der Waals surface area contributed by atoms with Crippen LogP contribution in [0.2, 0.25) is 0 Å². The van der Waals surface area contributed by atoms with E-state index in [0.717, 1.165) is 13.0 Å². The van der Waals surface area contributed by atoms with Crippen LogP contribution < -0.4 is 0 Å². The molecule has 1 nitrogen and oxygen atoms in total. The van der Waals surface area contributed by atoms with Gasteiger partial charge in [-0.1, -0.05) is 51.7 Å². The lowest BCUT2D eigenvalue weighted by atomic mass is 10.2. The minimum Gasteiger partial charge on any atom is -0.371 e. The first kappa shape index (κ1) is 12.7. The summed E-state index contributed by atoms with van der Waals surface area (Å²) in [6, 6.07) is 0. The molecule has 77 valence electrons. The van der Waals surface area contributed by atoms with Gasteiger partial charge < -0.3 is 4.74 Å². The standard InChI is InChI=1S/C12H23O/c1-3-5-7-9-11-13-12-10-8-6-4-2/h7,9,12H,3-6,8,10-11H2,1-2H3. The van der Waals surface area contributed by atoms with Gasteiger partial charge in [-0.15, -0.1) is 0 Å². The van der Waals surface area contributed by atoms with Crippen LogP contribution in [0.15, 0.2) is 12.2 Å². The van der Waals surface area contributed by atoms with Crippen molar-refractivity contribution < 1.29 is 4.74 Å². The third kappa shape index (κ3) is 11.7. The third-order valence-corrected chi connectivity index (χ3v) is 1.86. The molecule has 0 saturated heterocycles. The number of hydrogen-bond donors (Lipinski definition) is 0. The van der Waals surface area contributed by atoms with Crippen molar-refractivity contribution in [3.05, 3.63) is 18.8 Å². The van der Waals surface area contributed by atoms with E-state index in [1.54, 1.807) is 0 Å². The molecule has 0 heterocycles. The average Bonchev–Trinajstić information content (AvgIpc) is 2.16. The molecule has 0 aliphatic rings. The molecule has 0 rings (SSSR count). The third-order valence-electron chi connectivity index (χ3n) is 1.86. The molecule has 0 bridgehead atoms. The molecule has 0 unspecified atom stereocenters. The Morgan fingerprint density at radius 2 is 1.77 bits per heavy atom. The highest BCUT2D eigenvalue weighted by molar-refractivity contribution is 4.81. The second kappa shape index (κ2) is 11.7. The van der Waals surface area contributed by atoms with E-state index in [9.17, 15) is 0 Å². The maximum atomic E-state index is 5.31. The summed E-state index contributed by atoms with van der Waals surface area (Å²) in [6.45, 7) is 7.08. The smallest absolute Gasteiger partial charge is 0.0841 e. The highest BCUT2D eigenvalue weighted by atomic mass is 16.5. The summed E-state index contributed by atoms with van der Waals surface area (Å²) in [6.07, 6.45) is 11.6. The van der Waals surface area contributed by atoms with E-state index >= 15 is 0 Å². The first-order chi connectivity index (χ1) is 6.41. The Bertz CT molecular complexity index is 108. The molecule has 0 aromatic heterocycles. The summed E-state index contributed by atoms with van der Waals surface area (Å²) < 4.78 is 5.31. The fraction of sp³-hybridized carbons (Fsp3) is 0.750. The second-order valence-corrected chi connectivity index (χ2v) is 3.26. The van der Waals surface area contributed by atoms with E-state index in [4.69, 9.17) is 4.74 Å². The molecule has 0 amide bonds. The molecule has 0 atom stereocenters. The van der Waals surface area contributed by atoms with E-state index in [-0.39, 0.29) is 0 Å². The number of hydrogen-bond acceptors (Lipinski definition) is 1. The molecule has 0 aliphatic carbocycles. The Balaban J connectivity index is 2.91. The summed E-state index contributed by atoms with van der Waals surface area (Å²) in [4.78, 5) is 0. The van der Waals surface area contributed by atoms with Crippen LogP contribution in [0.3, 0.4) is 0 Å². The molecule has 0 fully saturated rings. The van der Waals surface area contributed by atoms with Crippen molar-refractivity contribution in [2.45, 2.75) is 52.4 Å². The van der Waals surface area contributed by atoms with Crippen molar-refractivity contribution in [1.82, 2.24) is 0 Å². The predicted octanol–water partition coefficient (Wildman–Crippen LogP) is 4.10. The van der Waals surface area contributed by atoms with Crippen LogP contribution in [0.1, 0.15) is 52.4 Å². The van der Waals surface area contributed by atoms with E-state index < -0.39 is 0 Å². The molecular formula is C12H23O. The van der Waals surface area contributed by atoms with Crippen molar-refractivity contribution >= 4 is 0 Å². The summed E-state index contributed by atoms with van der Waals surface area (Å²) in [7, 11) is 0. The van der Waals surface area contributed by atoms with Crippen LogP contribution in [0.5, 0.6) is 0 Å². The summed E-state index contributed by atoms with van der Waals surface area (Å²) in [5.74, 6) is 0. The maximum absolute atomic E-state index is 5.31. The Morgan fingerprint density at radius 1 is 0.923 bits per heavy atom. The van der Waals surface area contributed by atoms with Crippen LogP contribution in [-0.4, -0.2) is 6.61 Å². The minimum atomic E-state index is 0.742. The number of rotatable bonds is 9. The lowest BCUT2D eigenvalue weighted by Crippen LogP contribution is -1.87. The summed E-state index contributed by atoms with van der Waals surface area (Å²) in [5, 5.41) is 0. The van der Waals surface area contributed by atoms with Gasteiger partial charge in [0.05, 0.1) is 13.2 Å². The van der Waals surface area contributed by atoms with Crippen molar-refractivity contribution in [2.24, 2.45) is 0 Å². The molecule has 0 N–H and O–H groups in total. The largest absolute Gasteiger partial charge is 0.371 e. The molecule has 0 spiro atoms. The lowest BCUT2D eigenvalue weighted by Gasteiger charge is -1.98. The van der Waals surface area contributed by atoms with Crippen LogP contribution in [0.4, 0.5) is 0 Å². The summed E-state index contributed by atoms with van der Waals surface area (Å²) in [5.41, 5.74) is 0. The van der Waals surface area contributed by atoms with Crippen LogP contribution >= 0.6 is 0 Å². The first-order valence-electron chi connectivity index (χ1n) is 5.50. The topological polar surface area (TPSA) is 9.23 Å². The van der Waals surface area contributed by atoms with Crippen molar-refractivity contribution in [3.8, 4) is 0 Å². The van der Waals surface area contributed by atoms with Gasteiger partial charge in [0.1, 0.15) is 0 Å². The highest BCUT2D eigenvalue weighted by Gasteiger charge is 1.87. The molecule has 1 heteroatoms. The van der Waals surface area contributed by atoms with Gasteiger partial charge in [-0.3, -0.25) is 0 Å². The Morgan fingerprint density at radius 3 is 2.46 bits per heavy atom. The predicted molar refractivity (Wildman–Crippen MR) is 58.4 cm³/mol. The first-order valence-corrected chi connectivity index (χ1v) is 5.50. The highest BCUT2D eigenvalue weighted by Crippen LogP contribution is 2.02. The maximum Gasteiger partial charge on any atom is 0.0841 e. The molecule has 0 aromatic rings. The normalized spacial score (nSPS) is 11.2. The van der Waals surface area contributed by atoms with E-state index in [0.29, 0.717) is 0 Å². The quantitative estimate of drug-likeness (QED) is 0.386. The second-order valence-electron chi connectivity index (χ2n) is 3.26. The van der Waals surface area contributed by atoms with Gasteiger partial charge in [0, 0.05) is 0 Å². The van der Waals surface area contributed by atoms with Crippen molar-refractivity contribution in [1.29, 1.82) is 0 Å². The van der Waals surface area contributed by atoms with Gasteiger partial charge in [0.2, 0.25) is 0 Å². The number of ether oxygens (including phenoxy) is 1. The van der Waals surface area contributed by atoms with E-state index in [1.807, 2.05) is 6.61 Å². The van der Waals surface area contributed by atoms with Crippen LogP contribution in [-0.2, 0) is 4.74 Å². The summed E-state index contributed by atoms with van der Waals surface area (Å²) >= 11 is 0. The van der Waals surface area contributed by atoms with Gasteiger partial charge in [-0.25, -0.2) is 0 Å². The SMILES string of the molecule is CCCC=CCO[CH]CCCCC. The number of unbranched alkanes of at least 4 members (excludes halogenated alkanes) is 4. The van der Waals surface area contributed by atoms with Crippen molar-refractivity contribution in [2.75, 3.05) is 6.61 Å². The van der Waals surface area contributed by atoms with E-state index in [2.05, 4.69) is 26.0 Å². The minimum absolute atomic E-state index is 0.742. The van der Waals surface area contributed by atoms with Gasteiger partial charge >= 0.3 is 0 Å². The van der Waals surface area contributed by atoms with Crippen LogP contribution in [0.25, 0.3) is 0 Å². The molecule has 0 saturated carbocycles. The fourth-order valence-corrected chi connectivity index (χ4v) is 1.04. The van der Waals surface area contributed by atoms with Crippen molar-refractivity contribution in [3.63, 3.8) is 0 Å². The zero-order chi connectivity index (χ0) is 9.78. The Kier molecular flexibility index (Phi) is 11.4. The molecule has 1 radical (unpaired) electrons.